The molecule has 408 valence electrons. The minimum absolute atomic E-state index is 0.0903. The van der Waals surface area contributed by atoms with E-state index in [0.717, 1.165) is 6.92 Å². The van der Waals surface area contributed by atoms with E-state index in [9.17, 15) is 0 Å². The van der Waals surface area contributed by atoms with Crippen molar-refractivity contribution in [3.05, 3.63) is 0 Å². The highest BCUT2D eigenvalue weighted by atomic mass is 14.4. The summed E-state index contributed by atoms with van der Waals surface area (Å²) in [6.45, 7) is 67.6. The van der Waals surface area contributed by atoms with E-state index in [1.807, 2.05) is 111 Å². The third-order valence-corrected chi connectivity index (χ3v) is 12.5. The first-order chi connectivity index (χ1) is 34.9. The van der Waals surface area contributed by atoms with E-state index >= 15 is 0 Å². The second kappa shape index (κ2) is 32.9. The van der Waals surface area contributed by atoms with Crippen molar-refractivity contribution >= 4 is 0 Å². The summed E-state index contributed by atoms with van der Waals surface area (Å²) in [6.07, 6.45) is 4.14. The summed E-state index contributed by atoms with van der Waals surface area (Å²) in [7, 11) is 0. The maximum absolute atomic E-state index is 7.94. The van der Waals surface area contributed by atoms with Gasteiger partial charge in [0.1, 0.15) is 0 Å². The second-order valence-electron chi connectivity index (χ2n) is 29.8. The van der Waals surface area contributed by atoms with Crippen LogP contribution in [-0.2, 0) is 0 Å². The molecule has 2 saturated carbocycles. The smallest absolute Gasteiger partial charge is 0.0305 e. The summed E-state index contributed by atoms with van der Waals surface area (Å²) in [5.74, 6) is -2.33. The zero-order valence-electron chi connectivity index (χ0n) is 69.9. The lowest BCUT2D eigenvalue weighted by Gasteiger charge is -2.45. The van der Waals surface area contributed by atoms with Crippen molar-refractivity contribution in [2.75, 3.05) is 0 Å². The predicted octanol–water partition coefficient (Wildman–Crippen LogP) is 25.2. The van der Waals surface area contributed by atoms with E-state index in [2.05, 4.69) is 76.2 Å². The molecule has 0 aromatic rings. The number of hydrogen-bond donors (Lipinski definition) is 0. The molecule has 0 bridgehead atoms. The van der Waals surface area contributed by atoms with Gasteiger partial charge in [-0.3, -0.25) is 0 Å². The highest BCUT2D eigenvalue weighted by molar-refractivity contribution is 4.90. The topological polar surface area (TPSA) is 0 Å². The lowest BCUT2D eigenvalue weighted by molar-refractivity contribution is 0.0601. The Labute approximate surface area is 451 Å². The summed E-state index contributed by atoms with van der Waals surface area (Å²) < 4.78 is 128. The van der Waals surface area contributed by atoms with Crippen LogP contribution in [0, 0.1) is 77.3 Å². The molecule has 0 heterocycles. The first-order valence-electron chi connectivity index (χ1n) is 34.9. The minimum atomic E-state index is -2.64. The molecule has 0 spiro atoms. The first-order valence-corrected chi connectivity index (χ1v) is 26.4. The molecule has 0 nitrogen and oxygen atoms in total. The summed E-state index contributed by atoms with van der Waals surface area (Å²) in [6, 6.07) is 0. The molecular weight excluding hydrogens is 793 g/mol. The highest BCUT2D eigenvalue weighted by Gasteiger charge is 2.39. The monoisotopic (exact) mass is 954 g/mol. The van der Waals surface area contributed by atoms with Crippen LogP contribution in [0.2, 0.25) is 0 Å². The summed E-state index contributed by atoms with van der Waals surface area (Å²) in [5, 5.41) is 0. The SMILES string of the molecule is CC(C)(C)C1(C)CCCC1.CC(C)(C)C1(C)CCCCC1.[2H]C(C)(C)C(C)(C)C.[2H]C([2H])(C(C)(C)C)C(C)(C)C.[2H]C([2H])(C(C)C)C(C)(C)C.[2H]C([2H])(C)C(C)(C)C.[2H]C([2H])(C)C([2H])([2H])C(C)(C)C.[2H]C([2H])([2H])C([2H])(C([2H])([2H])C)C(C)(C)C. The van der Waals surface area contributed by atoms with E-state index in [-0.39, 0.29) is 38.9 Å². The fraction of sp³-hybridized carbons (Fsp3) is 1.00. The van der Waals surface area contributed by atoms with Gasteiger partial charge in [-0.2, -0.15) is 0 Å². The molecule has 2 aliphatic carbocycles. The van der Waals surface area contributed by atoms with Gasteiger partial charge in [-0.15, -0.1) is 0 Å². The maximum Gasteiger partial charge on any atom is 0.0305 e. The van der Waals surface area contributed by atoms with E-state index in [1.54, 1.807) is 48.5 Å². The van der Waals surface area contributed by atoms with Gasteiger partial charge in [0, 0.05) is 23.3 Å². The average molecular weight is 955 g/mol. The summed E-state index contributed by atoms with van der Waals surface area (Å²) in [5.41, 5.74) is -0.283. The van der Waals surface area contributed by atoms with Crippen LogP contribution in [-0.4, -0.2) is 0 Å². The fourth-order valence-corrected chi connectivity index (χ4v) is 6.73. The van der Waals surface area contributed by atoms with Crippen molar-refractivity contribution in [1.29, 1.82) is 0 Å². The molecule has 2 aliphatic rings. The van der Waals surface area contributed by atoms with Crippen molar-refractivity contribution in [2.45, 2.75) is 352 Å². The molecule has 0 aromatic heterocycles. The number of rotatable bonds is 3. The Morgan fingerprint density at radius 1 is 0.455 bits per heavy atom. The van der Waals surface area contributed by atoms with Crippen LogP contribution in [0.1, 0.15) is 375 Å². The van der Waals surface area contributed by atoms with Crippen molar-refractivity contribution in [3.8, 4) is 0 Å². The van der Waals surface area contributed by atoms with E-state index < -0.39 is 61.8 Å². The van der Waals surface area contributed by atoms with Gasteiger partial charge in [0.05, 0.1) is 0 Å². The molecule has 0 aromatic carbocycles. The highest BCUT2D eigenvalue weighted by Crippen LogP contribution is 2.51. The van der Waals surface area contributed by atoms with Gasteiger partial charge in [0.15, 0.2) is 0 Å². The molecular formula is C66H144. The molecule has 66 heavy (non-hydrogen) atoms. The molecule has 0 amide bonds. The summed E-state index contributed by atoms with van der Waals surface area (Å²) in [4.78, 5) is 0. The quantitative estimate of drug-likeness (QED) is 0.264. The summed E-state index contributed by atoms with van der Waals surface area (Å²) >= 11 is 0. The lowest BCUT2D eigenvalue weighted by atomic mass is 9.61. The van der Waals surface area contributed by atoms with Crippen LogP contribution in [0.3, 0.4) is 0 Å². The number of hydrogen-bond acceptors (Lipinski definition) is 0. The third-order valence-electron chi connectivity index (χ3n) is 12.5. The van der Waals surface area contributed by atoms with Crippen molar-refractivity contribution in [2.24, 2.45) is 77.3 Å². The van der Waals surface area contributed by atoms with E-state index in [0.29, 0.717) is 21.7 Å². The Bertz CT molecular complexity index is 1590. The Hall–Kier alpha value is 0. The molecule has 1 atom stereocenters. The first kappa shape index (κ1) is 47.0. The maximum atomic E-state index is 7.94. The Morgan fingerprint density at radius 3 is 0.803 bits per heavy atom. The Morgan fingerprint density at radius 2 is 0.742 bits per heavy atom. The standard InChI is InChI=1S/C11H22.C10H20.C9H20.2C8H18.2C7H16.C6H14/c1-10(2,3)11(4)8-6-5-7-9-11;1-9(2,3)10(4)7-5-6-8-10;1-8(2,3)7-9(4,5)6;1-7(2)6-8(3,4)5;1-6-7(2)8(3,4)5;1-6(2)7(3,4)5;1-5-6-7(2,3)4;1-5-6(2,3)4/h5-9H2,1-4H3;5-8H2,1-4H3;7H2,1-6H3;2*7H,6H2,1-5H3;6H,1-5H3;5-6H2,1-4H3;5H2,1-4H3/i;;7D2;6D2;2D3,6D2,7D;6D;5D2,6D2;5D2. The van der Waals surface area contributed by atoms with Gasteiger partial charge in [-0.25, -0.2) is 0 Å². The van der Waals surface area contributed by atoms with Gasteiger partial charge in [0.2, 0.25) is 0 Å². The average Bonchev–Trinajstić information content (AvgIpc) is 3.62. The molecule has 2 fully saturated rings. The van der Waals surface area contributed by atoms with Crippen molar-refractivity contribution in [3.63, 3.8) is 0 Å². The Balaban J connectivity index is -0.000000205. The lowest BCUT2D eigenvalue weighted by Crippen LogP contribution is -2.34. The third kappa shape index (κ3) is 53.4. The second-order valence-corrected chi connectivity index (χ2v) is 29.8. The fourth-order valence-electron chi connectivity index (χ4n) is 6.73. The minimum Gasteiger partial charge on any atom is -0.0654 e. The van der Waals surface area contributed by atoms with Gasteiger partial charge in [0.25, 0.3) is 0 Å². The van der Waals surface area contributed by atoms with Crippen LogP contribution >= 0.6 is 0 Å². The van der Waals surface area contributed by atoms with Crippen molar-refractivity contribution in [1.82, 2.24) is 0 Å². The van der Waals surface area contributed by atoms with Crippen LogP contribution in [0.4, 0.5) is 0 Å². The van der Waals surface area contributed by atoms with Gasteiger partial charge < -0.3 is 0 Å². The zero-order valence-corrected chi connectivity index (χ0v) is 52.9. The van der Waals surface area contributed by atoms with Crippen LogP contribution < -0.4 is 0 Å². The van der Waals surface area contributed by atoms with Gasteiger partial charge >= 0.3 is 0 Å². The van der Waals surface area contributed by atoms with Crippen LogP contribution in [0.5, 0.6) is 0 Å². The van der Waals surface area contributed by atoms with Crippen LogP contribution in [0.15, 0.2) is 0 Å². The van der Waals surface area contributed by atoms with Crippen LogP contribution in [0.25, 0.3) is 0 Å². The van der Waals surface area contributed by atoms with Gasteiger partial charge in [-0.05, 0) is 122 Å². The predicted molar refractivity (Wildman–Crippen MR) is 316 cm³/mol. The van der Waals surface area contributed by atoms with Crippen molar-refractivity contribution < 1.29 is 23.3 Å². The molecule has 0 heteroatoms. The molecule has 0 N–H and O–H groups in total. The molecule has 0 radical (unpaired) electrons. The normalized spacial score (nSPS) is 23.1. The molecule has 0 aliphatic heterocycles. The zero-order chi connectivity index (χ0) is 69.9. The van der Waals surface area contributed by atoms with Gasteiger partial charge in [-0.1, -0.05) is 307 Å². The Kier molecular flexibility index (Phi) is 23.4. The molecule has 0 saturated heterocycles. The largest absolute Gasteiger partial charge is 0.0654 e. The van der Waals surface area contributed by atoms with E-state index in [4.69, 9.17) is 23.3 Å². The molecule has 1 unspecified atom stereocenters. The van der Waals surface area contributed by atoms with E-state index in [1.165, 1.54) is 64.7 Å². The molecule has 2 rings (SSSR count).